The standard InChI is InChI=1S/C22H19FN2O2S2/c1-15(13-16-5-3-2-4-6-16)14-19-21(27)25(22(28)29-19)12-11-20(26)24-18-9-7-17(23)8-10-18/h2-10,13-14H,11-12H2,1H3,(H,24,26)/b15-13+,19-14-. The Morgan fingerprint density at radius 3 is 2.55 bits per heavy atom. The first-order valence-corrected chi connectivity index (χ1v) is 10.2. The van der Waals surface area contributed by atoms with Crippen LogP contribution in [0.5, 0.6) is 0 Å². The van der Waals surface area contributed by atoms with Gasteiger partial charge in [-0.1, -0.05) is 60.4 Å². The number of thioether (sulfide) groups is 1. The maximum atomic E-state index is 12.9. The molecule has 4 nitrogen and oxygen atoms in total. The molecule has 148 valence electrons. The third-order valence-corrected chi connectivity index (χ3v) is 5.49. The molecule has 2 aromatic rings. The van der Waals surface area contributed by atoms with Crippen LogP contribution in [0.25, 0.3) is 6.08 Å². The monoisotopic (exact) mass is 426 g/mol. The van der Waals surface area contributed by atoms with Gasteiger partial charge in [0.2, 0.25) is 5.91 Å². The summed E-state index contributed by atoms with van der Waals surface area (Å²) in [5.41, 5.74) is 2.49. The maximum absolute atomic E-state index is 12.9. The van der Waals surface area contributed by atoms with Crippen molar-refractivity contribution >= 4 is 51.9 Å². The van der Waals surface area contributed by atoms with Crippen molar-refractivity contribution in [2.45, 2.75) is 13.3 Å². The van der Waals surface area contributed by atoms with Gasteiger partial charge in [0, 0.05) is 18.7 Å². The third-order valence-electron chi connectivity index (χ3n) is 4.12. The number of halogens is 1. The molecule has 7 heteroatoms. The second-order valence-corrected chi connectivity index (χ2v) is 8.11. The number of carbonyl (C=O) groups excluding carboxylic acids is 2. The molecule has 0 saturated carbocycles. The van der Waals surface area contributed by atoms with Crippen molar-refractivity contribution in [3.63, 3.8) is 0 Å². The summed E-state index contributed by atoms with van der Waals surface area (Å²) in [6, 6.07) is 15.3. The van der Waals surface area contributed by atoms with Crippen molar-refractivity contribution in [1.29, 1.82) is 0 Å². The topological polar surface area (TPSA) is 49.4 Å². The number of hydrogen-bond acceptors (Lipinski definition) is 4. The molecule has 0 unspecified atom stereocenters. The van der Waals surface area contributed by atoms with Crippen molar-refractivity contribution in [1.82, 2.24) is 4.90 Å². The highest BCUT2D eigenvalue weighted by atomic mass is 32.2. The highest BCUT2D eigenvalue weighted by Gasteiger charge is 2.32. The molecule has 0 atom stereocenters. The number of rotatable bonds is 6. The average molecular weight is 427 g/mol. The van der Waals surface area contributed by atoms with Crippen molar-refractivity contribution in [3.05, 3.63) is 82.5 Å². The van der Waals surface area contributed by atoms with Gasteiger partial charge in [0.05, 0.1) is 4.91 Å². The number of allylic oxidation sites excluding steroid dienone is 2. The van der Waals surface area contributed by atoms with E-state index in [1.807, 2.05) is 49.4 Å². The van der Waals surface area contributed by atoms with Crippen molar-refractivity contribution < 1.29 is 14.0 Å². The maximum Gasteiger partial charge on any atom is 0.266 e. The van der Waals surface area contributed by atoms with Crippen LogP contribution in [0.1, 0.15) is 18.9 Å². The number of thiocarbonyl (C=S) groups is 1. The number of carbonyl (C=O) groups is 2. The number of benzene rings is 2. The normalized spacial score (nSPS) is 15.9. The van der Waals surface area contributed by atoms with E-state index in [4.69, 9.17) is 12.2 Å². The lowest BCUT2D eigenvalue weighted by molar-refractivity contribution is -0.122. The van der Waals surface area contributed by atoms with Gasteiger partial charge in [-0.2, -0.15) is 0 Å². The van der Waals surface area contributed by atoms with Crippen LogP contribution in [0, 0.1) is 5.82 Å². The Labute approximate surface area is 178 Å². The quantitative estimate of drug-likeness (QED) is 0.522. The second-order valence-electron chi connectivity index (χ2n) is 6.44. The summed E-state index contributed by atoms with van der Waals surface area (Å²) in [6.45, 7) is 2.12. The number of amides is 2. The molecule has 0 aromatic heterocycles. The molecule has 2 aromatic carbocycles. The van der Waals surface area contributed by atoms with Crippen LogP contribution in [-0.4, -0.2) is 27.6 Å². The van der Waals surface area contributed by atoms with E-state index < -0.39 is 0 Å². The molecule has 0 radical (unpaired) electrons. The molecule has 29 heavy (non-hydrogen) atoms. The lowest BCUT2D eigenvalue weighted by Gasteiger charge is -2.14. The number of anilines is 1. The van der Waals surface area contributed by atoms with E-state index in [2.05, 4.69) is 5.32 Å². The Balaban J connectivity index is 1.59. The van der Waals surface area contributed by atoms with Gasteiger partial charge in [-0.25, -0.2) is 4.39 Å². The summed E-state index contributed by atoms with van der Waals surface area (Å²) in [5.74, 6) is -0.839. The molecule has 1 heterocycles. The summed E-state index contributed by atoms with van der Waals surface area (Å²) >= 11 is 6.54. The van der Waals surface area contributed by atoms with Gasteiger partial charge in [0.25, 0.3) is 5.91 Å². The minimum Gasteiger partial charge on any atom is -0.326 e. The first-order chi connectivity index (χ1) is 13.9. The van der Waals surface area contributed by atoms with Crippen LogP contribution >= 0.6 is 24.0 Å². The van der Waals surface area contributed by atoms with Gasteiger partial charge in [-0.15, -0.1) is 0 Å². The Morgan fingerprint density at radius 1 is 1.17 bits per heavy atom. The summed E-state index contributed by atoms with van der Waals surface area (Å²) in [6.07, 6.45) is 3.89. The smallest absolute Gasteiger partial charge is 0.266 e. The highest BCUT2D eigenvalue weighted by molar-refractivity contribution is 8.26. The zero-order chi connectivity index (χ0) is 20.8. The third kappa shape index (κ3) is 5.85. The number of hydrogen-bond donors (Lipinski definition) is 1. The zero-order valence-corrected chi connectivity index (χ0v) is 17.4. The highest BCUT2D eigenvalue weighted by Crippen LogP contribution is 2.32. The molecular weight excluding hydrogens is 407 g/mol. The first kappa shape index (κ1) is 21.0. The lowest BCUT2D eigenvalue weighted by atomic mass is 10.1. The molecule has 1 aliphatic heterocycles. The van der Waals surface area contributed by atoms with Gasteiger partial charge in [-0.05, 0) is 48.4 Å². The van der Waals surface area contributed by atoms with Crippen LogP contribution in [-0.2, 0) is 9.59 Å². The minimum absolute atomic E-state index is 0.0932. The molecule has 0 spiro atoms. The van der Waals surface area contributed by atoms with Crippen LogP contribution in [0.4, 0.5) is 10.1 Å². The van der Waals surface area contributed by atoms with Crippen LogP contribution in [0.2, 0.25) is 0 Å². The summed E-state index contributed by atoms with van der Waals surface area (Å²) in [5, 5.41) is 2.68. The van der Waals surface area contributed by atoms with Gasteiger partial charge in [0.15, 0.2) is 0 Å². The van der Waals surface area contributed by atoms with Crippen LogP contribution in [0.3, 0.4) is 0 Å². The van der Waals surface area contributed by atoms with Gasteiger partial charge >= 0.3 is 0 Å². The Hall–Kier alpha value is -2.77. The molecule has 1 N–H and O–H groups in total. The molecule has 1 aliphatic rings. The summed E-state index contributed by atoms with van der Waals surface area (Å²) in [4.78, 5) is 26.8. The predicted molar refractivity (Wildman–Crippen MR) is 120 cm³/mol. The van der Waals surface area contributed by atoms with E-state index in [-0.39, 0.29) is 30.6 Å². The fourth-order valence-electron chi connectivity index (χ4n) is 2.72. The van der Waals surface area contributed by atoms with Gasteiger partial charge in [0.1, 0.15) is 10.1 Å². The van der Waals surface area contributed by atoms with E-state index in [0.29, 0.717) is 14.9 Å². The van der Waals surface area contributed by atoms with Gasteiger partial charge in [-0.3, -0.25) is 14.5 Å². The largest absolute Gasteiger partial charge is 0.326 e. The van der Waals surface area contributed by atoms with Crippen molar-refractivity contribution in [2.75, 3.05) is 11.9 Å². The Bertz CT molecular complexity index is 986. The van der Waals surface area contributed by atoms with E-state index in [9.17, 15) is 14.0 Å². The molecule has 2 amide bonds. The number of nitrogens with zero attached hydrogens (tertiary/aromatic N) is 1. The molecule has 0 aliphatic carbocycles. The first-order valence-electron chi connectivity index (χ1n) is 8.96. The SMILES string of the molecule is CC(/C=C1\SC(=S)N(CCC(=O)Nc2ccc(F)cc2)C1=O)=C\c1ccccc1. The van der Waals surface area contributed by atoms with E-state index >= 15 is 0 Å². The Kier molecular flexibility index (Phi) is 6.95. The van der Waals surface area contributed by atoms with Crippen molar-refractivity contribution in [2.24, 2.45) is 0 Å². The summed E-state index contributed by atoms with van der Waals surface area (Å²) in [7, 11) is 0. The van der Waals surface area contributed by atoms with Gasteiger partial charge < -0.3 is 5.32 Å². The summed E-state index contributed by atoms with van der Waals surface area (Å²) < 4.78 is 13.4. The average Bonchev–Trinajstić information content (AvgIpc) is 2.95. The molecule has 3 rings (SSSR count). The number of nitrogens with one attached hydrogen (secondary N) is 1. The minimum atomic E-state index is -0.371. The second kappa shape index (κ2) is 9.62. The Morgan fingerprint density at radius 2 is 1.86 bits per heavy atom. The zero-order valence-electron chi connectivity index (χ0n) is 15.7. The molecule has 0 bridgehead atoms. The fraction of sp³-hybridized carbons (Fsp3) is 0.136. The van der Waals surface area contributed by atoms with E-state index in [1.54, 1.807) is 0 Å². The van der Waals surface area contributed by atoms with Crippen LogP contribution in [0.15, 0.2) is 71.2 Å². The van der Waals surface area contributed by atoms with Crippen LogP contribution < -0.4 is 5.32 Å². The molecule has 1 fully saturated rings. The lowest BCUT2D eigenvalue weighted by Crippen LogP contribution is -2.31. The van der Waals surface area contributed by atoms with E-state index in [1.165, 1.54) is 40.9 Å². The molecule has 1 saturated heterocycles. The van der Waals surface area contributed by atoms with E-state index in [0.717, 1.165) is 11.1 Å². The predicted octanol–water partition coefficient (Wildman–Crippen LogP) is 5.00. The fourth-order valence-corrected chi connectivity index (χ4v) is 4.08. The molecular formula is C22H19FN2O2S2. The van der Waals surface area contributed by atoms with Crippen molar-refractivity contribution in [3.8, 4) is 0 Å².